The normalized spacial score (nSPS) is 10.7. The van der Waals surface area contributed by atoms with Gasteiger partial charge in [0.25, 0.3) is 5.91 Å². The number of rotatable bonds is 5. The third-order valence-electron chi connectivity index (χ3n) is 3.83. The summed E-state index contributed by atoms with van der Waals surface area (Å²) in [4.78, 5) is 12.5. The number of halogens is 2. The molecule has 128 valence electrons. The van der Waals surface area contributed by atoms with Crippen molar-refractivity contribution in [1.82, 2.24) is 15.1 Å². The number of nitrogens with zero attached hydrogens (tertiary/aromatic N) is 2. The van der Waals surface area contributed by atoms with E-state index in [9.17, 15) is 9.18 Å². The summed E-state index contributed by atoms with van der Waals surface area (Å²) in [6.07, 6.45) is 0. The Hall–Kier alpha value is -2.66. The monoisotopic (exact) mass is 357 g/mol. The predicted molar refractivity (Wildman–Crippen MR) is 95.1 cm³/mol. The van der Waals surface area contributed by atoms with Gasteiger partial charge in [-0.25, -0.2) is 9.07 Å². The minimum absolute atomic E-state index is 0.267. The Morgan fingerprint density at radius 3 is 2.48 bits per heavy atom. The second-order valence-corrected chi connectivity index (χ2v) is 6.06. The van der Waals surface area contributed by atoms with E-state index in [1.807, 2.05) is 30.3 Å². The number of carbonyl (C=O) groups is 1. The average molecular weight is 358 g/mol. The molecule has 0 atom stereocenters. The molecular formula is C19H17ClFN3O. The van der Waals surface area contributed by atoms with Gasteiger partial charge in [0.05, 0.1) is 17.8 Å². The van der Waals surface area contributed by atoms with Crippen LogP contribution in [0.25, 0.3) is 0 Å². The Bertz CT molecular complexity index is 876. The van der Waals surface area contributed by atoms with Crippen LogP contribution in [0.4, 0.5) is 4.39 Å². The molecule has 1 N–H and O–H groups in total. The van der Waals surface area contributed by atoms with Crippen molar-refractivity contribution in [2.24, 2.45) is 0 Å². The van der Waals surface area contributed by atoms with Gasteiger partial charge in [0.1, 0.15) is 11.0 Å². The van der Waals surface area contributed by atoms with Crippen molar-refractivity contribution in [1.29, 1.82) is 0 Å². The minimum atomic E-state index is -0.299. The maximum absolute atomic E-state index is 13.0. The zero-order valence-corrected chi connectivity index (χ0v) is 14.4. The van der Waals surface area contributed by atoms with Crippen molar-refractivity contribution in [3.05, 3.63) is 88.0 Å². The van der Waals surface area contributed by atoms with Crippen LogP contribution >= 0.6 is 11.6 Å². The van der Waals surface area contributed by atoms with Gasteiger partial charge in [-0.05, 0) is 30.2 Å². The molecule has 0 spiro atoms. The first-order valence-corrected chi connectivity index (χ1v) is 8.22. The van der Waals surface area contributed by atoms with Crippen molar-refractivity contribution in [3.63, 3.8) is 0 Å². The fraction of sp³-hybridized carbons (Fsp3) is 0.158. The molecule has 1 aromatic heterocycles. The Morgan fingerprint density at radius 2 is 1.80 bits per heavy atom. The van der Waals surface area contributed by atoms with Crippen LogP contribution in [-0.2, 0) is 13.1 Å². The second-order valence-electron chi connectivity index (χ2n) is 5.70. The van der Waals surface area contributed by atoms with Gasteiger partial charge in [-0.3, -0.25) is 4.79 Å². The van der Waals surface area contributed by atoms with Gasteiger partial charge in [-0.2, -0.15) is 5.10 Å². The summed E-state index contributed by atoms with van der Waals surface area (Å²) in [5, 5.41) is 7.46. The molecule has 0 unspecified atom stereocenters. The lowest BCUT2D eigenvalue weighted by atomic mass is 10.2. The van der Waals surface area contributed by atoms with Crippen LogP contribution in [0.1, 0.15) is 27.2 Å². The molecule has 0 radical (unpaired) electrons. The highest BCUT2D eigenvalue weighted by atomic mass is 35.5. The fourth-order valence-corrected chi connectivity index (χ4v) is 2.87. The van der Waals surface area contributed by atoms with Crippen LogP contribution in [0.2, 0.25) is 5.15 Å². The Morgan fingerprint density at radius 1 is 1.12 bits per heavy atom. The number of aryl methyl sites for hydroxylation is 1. The quantitative estimate of drug-likeness (QED) is 0.751. The lowest BCUT2D eigenvalue weighted by Gasteiger charge is -2.06. The van der Waals surface area contributed by atoms with Gasteiger partial charge < -0.3 is 5.32 Å². The number of carbonyl (C=O) groups excluding carboxylic acids is 1. The second kappa shape index (κ2) is 7.49. The number of hydrogen-bond acceptors (Lipinski definition) is 2. The molecule has 25 heavy (non-hydrogen) atoms. The third-order valence-corrected chi connectivity index (χ3v) is 4.22. The molecule has 0 bridgehead atoms. The summed E-state index contributed by atoms with van der Waals surface area (Å²) in [6.45, 7) is 2.52. The lowest BCUT2D eigenvalue weighted by molar-refractivity contribution is 0.0950. The maximum Gasteiger partial charge on any atom is 0.256 e. The summed E-state index contributed by atoms with van der Waals surface area (Å²) >= 11 is 6.35. The zero-order chi connectivity index (χ0) is 17.8. The molecule has 1 heterocycles. The molecule has 0 saturated heterocycles. The molecule has 4 nitrogen and oxygen atoms in total. The Balaban J connectivity index is 1.74. The molecule has 6 heteroatoms. The highest BCUT2D eigenvalue weighted by molar-refractivity contribution is 6.33. The Labute approximate surface area is 150 Å². The number of amides is 1. The first-order chi connectivity index (χ1) is 12.0. The fourth-order valence-electron chi connectivity index (χ4n) is 2.55. The van der Waals surface area contributed by atoms with Gasteiger partial charge in [0.2, 0.25) is 0 Å². The van der Waals surface area contributed by atoms with E-state index in [2.05, 4.69) is 10.4 Å². The van der Waals surface area contributed by atoms with Crippen LogP contribution in [0.5, 0.6) is 0 Å². The summed E-state index contributed by atoms with van der Waals surface area (Å²) in [7, 11) is 0. The molecule has 3 rings (SSSR count). The predicted octanol–water partition coefficient (Wildman–Crippen LogP) is 3.96. The standard InChI is InChI=1S/C19H17ClFN3O/c1-13-17(19(25)22-11-14-5-3-2-4-6-14)18(20)24(23-13)12-15-7-9-16(21)10-8-15/h2-10H,11-12H2,1H3,(H,22,25). The van der Waals surface area contributed by atoms with Gasteiger partial charge in [0, 0.05) is 6.54 Å². The Kier molecular flexibility index (Phi) is 5.14. The van der Waals surface area contributed by atoms with E-state index < -0.39 is 0 Å². The molecule has 0 aliphatic carbocycles. The van der Waals surface area contributed by atoms with Crippen molar-refractivity contribution in [2.75, 3.05) is 0 Å². The van der Waals surface area contributed by atoms with Crippen molar-refractivity contribution in [2.45, 2.75) is 20.0 Å². The molecule has 0 aliphatic heterocycles. The molecule has 0 saturated carbocycles. The third kappa shape index (κ3) is 4.06. The van der Waals surface area contributed by atoms with E-state index in [-0.39, 0.29) is 16.9 Å². The van der Waals surface area contributed by atoms with E-state index in [0.29, 0.717) is 24.3 Å². The maximum atomic E-state index is 13.0. The summed E-state index contributed by atoms with van der Waals surface area (Å²) < 4.78 is 14.5. The van der Waals surface area contributed by atoms with Gasteiger partial charge in [-0.1, -0.05) is 54.1 Å². The van der Waals surface area contributed by atoms with E-state index >= 15 is 0 Å². The zero-order valence-electron chi connectivity index (χ0n) is 13.7. The molecule has 0 fully saturated rings. The SMILES string of the molecule is Cc1nn(Cc2ccc(F)cc2)c(Cl)c1C(=O)NCc1ccccc1. The van der Waals surface area contributed by atoms with Crippen molar-refractivity contribution < 1.29 is 9.18 Å². The van der Waals surface area contributed by atoms with E-state index in [1.165, 1.54) is 12.1 Å². The summed E-state index contributed by atoms with van der Waals surface area (Å²) in [5.74, 6) is -0.566. The van der Waals surface area contributed by atoms with Crippen LogP contribution in [0, 0.1) is 12.7 Å². The topological polar surface area (TPSA) is 46.9 Å². The van der Waals surface area contributed by atoms with E-state index in [4.69, 9.17) is 11.6 Å². The van der Waals surface area contributed by atoms with Crippen LogP contribution in [0.15, 0.2) is 54.6 Å². The largest absolute Gasteiger partial charge is 0.348 e. The highest BCUT2D eigenvalue weighted by Gasteiger charge is 2.20. The molecule has 3 aromatic rings. The molecule has 1 amide bonds. The number of benzene rings is 2. The first kappa shape index (κ1) is 17.2. The average Bonchev–Trinajstić information content (AvgIpc) is 2.89. The van der Waals surface area contributed by atoms with Gasteiger partial charge in [-0.15, -0.1) is 0 Å². The van der Waals surface area contributed by atoms with Crippen LogP contribution in [-0.4, -0.2) is 15.7 Å². The van der Waals surface area contributed by atoms with Crippen LogP contribution < -0.4 is 5.32 Å². The van der Waals surface area contributed by atoms with Gasteiger partial charge in [0.15, 0.2) is 0 Å². The number of nitrogens with one attached hydrogen (secondary N) is 1. The first-order valence-electron chi connectivity index (χ1n) is 7.84. The van der Waals surface area contributed by atoms with E-state index in [0.717, 1.165) is 11.1 Å². The lowest BCUT2D eigenvalue weighted by Crippen LogP contribution is -2.23. The molecule has 0 aliphatic rings. The minimum Gasteiger partial charge on any atom is -0.348 e. The molecule has 2 aromatic carbocycles. The summed E-state index contributed by atoms with van der Waals surface area (Å²) in [5.41, 5.74) is 2.77. The number of aromatic nitrogens is 2. The van der Waals surface area contributed by atoms with E-state index in [1.54, 1.807) is 23.7 Å². The summed E-state index contributed by atoms with van der Waals surface area (Å²) in [6, 6.07) is 15.7. The van der Waals surface area contributed by atoms with Gasteiger partial charge >= 0.3 is 0 Å². The number of hydrogen-bond donors (Lipinski definition) is 1. The van der Waals surface area contributed by atoms with Crippen molar-refractivity contribution in [3.8, 4) is 0 Å². The smallest absolute Gasteiger partial charge is 0.256 e. The highest BCUT2D eigenvalue weighted by Crippen LogP contribution is 2.21. The van der Waals surface area contributed by atoms with Crippen molar-refractivity contribution >= 4 is 17.5 Å². The van der Waals surface area contributed by atoms with Crippen LogP contribution in [0.3, 0.4) is 0 Å². The molecular weight excluding hydrogens is 341 g/mol.